The summed E-state index contributed by atoms with van der Waals surface area (Å²) in [5, 5.41) is 8.84. The molecule has 1 aliphatic rings. The molecule has 0 amide bonds. The lowest BCUT2D eigenvalue weighted by Gasteiger charge is -2.31. The van der Waals surface area contributed by atoms with Crippen molar-refractivity contribution in [1.82, 2.24) is 4.90 Å². The maximum Gasteiger partial charge on any atom is 0.124 e. The van der Waals surface area contributed by atoms with Crippen LogP contribution in [0.2, 0.25) is 0 Å². The largest absolute Gasteiger partial charge is 0.378 e. The van der Waals surface area contributed by atoms with Crippen molar-refractivity contribution in [2.24, 2.45) is 0 Å². The Morgan fingerprint density at radius 2 is 2.11 bits per heavy atom. The molecule has 2 rings (SSSR count). The third kappa shape index (κ3) is 4.02. The van der Waals surface area contributed by atoms with Crippen molar-refractivity contribution < 1.29 is 9.13 Å². The van der Waals surface area contributed by atoms with Gasteiger partial charge in [-0.2, -0.15) is 5.26 Å². The maximum atomic E-state index is 13.3. The van der Waals surface area contributed by atoms with E-state index in [0.717, 1.165) is 38.1 Å². The summed E-state index contributed by atoms with van der Waals surface area (Å²) in [5.74, 6) is -0.335. The Hall–Kier alpha value is -1.44. The van der Waals surface area contributed by atoms with Gasteiger partial charge in [-0.25, -0.2) is 4.39 Å². The van der Waals surface area contributed by atoms with E-state index in [4.69, 9.17) is 10.00 Å². The van der Waals surface area contributed by atoms with Gasteiger partial charge < -0.3 is 4.74 Å². The van der Waals surface area contributed by atoms with Gasteiger partial charge in [0.05, 0.1) is 17.7 Å². The molecule has 0 spiro atoms. The molecule has 0 atom stereocenters. The average molecular weight is 262 g/mol. The van der Waals surface area contributed by atoms with Gasteiger partial charge in [0.2, 0.25) is 0 Å². The standard InChI is InChI=1S/C15H19FN2O/c1-2-19-15-3-5-18(6-4-15)11-13-7-12(10-17)8-14(16)9-13/h7-9,15H,2-6,11H2,1H3. The Kier molecular flexibility index (Phi) is 4.89. The molecule has 0 N–H and O–H groups in total. The van der Waals surface area contributed by atoms with E-state index < -0.39 is 0 Å². The molecule has 102 valence electrons. The molecular weight excluding hydrogens is 243 g/mol. The van der Waals surface area contributed by atoms with Crippen LogP contribution in [0.3, 0.4) is 0 Å². The van der Waals surface area contributed by atoms with Crippen molar-refractivity contribution in [2.45, 2.75) is 32.4 Å². The molecule has 1 aliphatic heterocycles. The van der Waals surface area contributed by atoms with Gasteiger partial charge in [0.15, 0.2) is 0 Å². The summed E-state index contributed by atoms with van der Waals surface area (Å²) >= 11 is 0. The predicted molar refractivity (Wildman–Crippen MR) is 71.0 cm³/mol. The third-order valence-electron chi connectivity index (χ3n) is 3.43. The van der Waals surface area contributed by atoms with Crippen LogP contribution in [0.5, 0.6) is 0 Å². The summed E-state index contributed by atoms with van der Waals surface area (Å²) in [7, 11) is 0. The molecule has 1 aromatic rings. The number of likely N-dealkylation sites (tertiary alicyclic amines) is 1. The van der Waals surface area contributed by atoms with Gasteiger partial charge in [0, 0.05) is 26.2 Å². The number of piperidine rings is 1. The molecule has 0 unspecified atom stereocenters. The number of hydrogen-bond donors (Lipinski definition) is 0. The molecule has 0 bridgehead atoms. The second-order valence-electron chi connectivity index (χ2n) is 4.89. The highest BCUT2D eigenvalue weighted by molar-refractivity contribution is 5.33. The van der Waals surface area contributed by atoms with Crippen molar-refractivity contribution in [2.75, 3.05) is 19.7 Å². The van der Waals surface area contributed by atoms with Gasteiger partial charge >= 0.3 is 0 Å². The van der Waals surface area contributed by atoms with E-state index >= 15 is 0 Å². The lowest BCUT2D eigenvalue weighted by molar-refractivity contribution is 0.0125. The molecule has 1 heterocycles. The number of rotatable bonds is 4. The Labute approximate surface area is 113 Å². The molecule has 1 saturated heterocycles. The van der Waals surface area contributed by atoms with Crippen LogP contribution in [0, 0.1) is 17.1 Å². The average Bonchev–Trinajstić information content (AvgIpc) is 2.40. The van der Waals surface area contributed by atoms with Crippen molar-refractivity contribution >= 4 is 0 Å². The number of nitrogens with zero attached hydrogens (tertiary/aromatic N) is 2. The van der Waals surface area contributed by atoms with Gasteiger partial charge in [-0.1, -0.05) is 0 Å². The molecule has 1 aromatic carbocycles. The first-order valence-electron chi connectivity index (χ1n) is 6.74. The molecule has 1 fully saturated rings. The van der Waals surface area contributed by atoms with E-state index in [9.17, 15) is 4.39 Å². The van der Waals surface area contributed by atoms with Crippen LogP contribution in [0.4, 0.5) is 4.39 Å². The van der Waals surface area contributed by atoms with Crippen LogP contribution in [-0.2, 0) is 11.3 Å². The fourth-order valence-corrected chi connectivity index (χ4v) is 2.53. The summed E-state index contributed by atoms with van der Waals surface area (Å²) in [6, 6.07) is 6.53. The van der Waals surface area contributed by atoms with Gasteiger partial charge in [-0.15, -0.1) is 0 Å². The second-order valence-corrected chi connectivity index (χ2v) is 4.89. The SMILES string of the molecule is CCOC1CCN(Cc2cc(F)cc(C#N)c2)CC1. The lowest BCUT2D eigenvalue weighted by Crippen LogP contribution is -2.36. The normalized spacial score (nSPS) is 17.3. The lowest BCUT2D eigenvalue weighted by atomic mass is 10.1. The second kappa shape index (κ2) is 6.65. The summed E-state index contributed by atoms with van der Waals surface area (Å²) < 4.78 is 18.9. The Balaban J connectivity index is 1.92. The van der Waals surface area contributed by atoms with Crippen molar-refractivity contribution in [3.05, 3.63) is 35.1 Å². The molecule has 19 heavy (non-hydrogen) atoms. The highest BCUT2D eigenvalue weighted by atomic mass is 19.1. The smallest absolute Gasteiger partial charge is 0.124 e. The predicted octanol–water partition coefficient (Wildman–Crippen LogP) is 2.70. The fraction of sp³-hybridized carbons (Fsp3) is 0.533. The van der Waals surface area contributed by atoms with E-state index in [0.29, 0.717) is 18.2 Å². The molecular formula is C15H19FN2O. The molecule has 4 heteroatoms. The quantitative estimate of drug-likeness (QED) is 0.837. The van der Waals surface area contributed by atoms with Crippen LogP contribution in [0.1, 0.15) is 30.9 Å². The molecule has 3 nitrogen and oxygen atoms in total. The van der Waals surface area contributed by atoms with Crippen LogP contribution in [0.25, 0.3) is 0 Å². The fourth-order valence-electron chi connectivity index (χ4n) is 2.53. The minimum atomic E-state index is -0.335. The minimum Gasteiger partial charge on any atom is -0.378 e. The summed E-state index contributed by atoms with van der Waals surface area (Å²) in [5.41, 5.74) is 1.26. The number of ether oxygens (including phenoxy) is 1. The van der Waals surface area contributed by atoms with Crippen LogP contribution >= 0.6 is 0 Å². The van der Waals surface area contributed by atoms with Crippen molar-refractivity contribution in [3.63, 3.8) is 0 Å². The number of nitriles is 1. The number of hydrogen-bond acceptors (Lipinski definition) is 3. The van der Waals surface area contributed by atoms with Crippen LogP contribution in [0.15, 0.2) is 18.2 Å². The topological polar surface area (TPSA) is 36.3 Å². The van der Waals surface area contributed by atoms with Crippen molar-refractivity contribution in [1.29, 1.82) is 5.26 Å². The first kappa shape index (κ1) is 14.0. The summed E-state index contributed by atoms with van der Waals surface area (Å²) in [4.78, 5) is 2.28. The Bertz CT molecular complexity index is 462. The minimum absolute atomic E-state index is 0.335. The van der Waals surface area contributed by atoms with E-state index in [2.05, 4.69) is 4.90 Å². The number of halogens is 1. The van der Waals surface area contributed by atoms with Crippen LogP contribution in [-0.4, -0.2) is 30.7 Å². The molecule has 0 saturated carbocycles. The van der Waals surface area contributed by atoms with Crippen LogP contribution < -0.4 is 0 Å². The zero-order valence-electron chi connectivity index (χ0n) is 11.2. The Morgan fingerprint density at radius 1 is 1.37 bits per heavy atom. The summed E-state index contributed by atoms with van der Waals surface area (Å²) in [6.07, 6.45) is 2.41. The van der Waals surface area contributed by atoms with Gasteiger partial charge in [-0.05, 0) is 43.5 Å². The molecule has 0 aromatic heterocycles. The van der Waals surface area contributed by atoms with E-state index in [1.54, 1.807) is 6.07 Å². The first-order chi connectivity index (χ1) is 9.21. The zero-order chi connectivity index (χ0) is 13.7. The first-order valence-corrected chi connectivity index (χ1v) is 6.74. The van der Waals surface area contributed by atoms with Gasteiger partial charge in [0.25, 0.3) is 0 Å². The third-order valence-corrected chi connectivity index (χ3v) is 3.43. The Morgan fingerprint density at radius 3 is 2.74 bits per heavy atom. The number of benzene rings is 1. The van der Waals surface area contributed by atoms with E-state index in [-0.39, 0.29) is 5.82 Å². The zero-order valence-corrected chi connectivity index (χ0v) is 11.2. The monoisotopic (exact) mass is 262 g/mol. The highest BCUT2D eigenvalue weighted by Crippen LogP contribution is 2.17. The van der Waals surface area contributed by atoms with Gasteiger partial charge in [0.1, 0.15) is 5.82 Å². The molecule has 0 radical (unpaired) electrons. The van der Waals surface area contributed by atoms with Gasteiger partial charge in [-0.3, -0.25) is 4.90 Å². The maximum absolute atomic E-state index is 13.3. The summed E-state index contributed by atoms with van der Waals surface area (Å²) in [6.45, 7) is 5.40. The van der Waals surface area contributed by atoms with Crippen molar-refractivity contribution in [3.8, 4) is 6.07 Å². The van der Waals surface area contributed by atoms with E-state index in [1.807, 2.05) is 13.0 Å². The van der Waals surface area contributed by atoms with E-state index in [1.165, 1.54) is 12.1 Å². The molecule has 0 aliphatic carbocycles. The highest BCUT2D eigenvalue weighted by Gasteiger charge is 2.19.